The number of nitrogens with zero attached hydrogens (tertiary/aromatic N) is 1. The van der Waals surface area contributed by atoms with Gasteiger partial charge in [0.15, 0.2) is 6.04 Å². The number of ether oxygens (including phenoxy) is 1. The van der Waals surface area contributed by atoms with Gasteiger partial charge in [0.2, 0.25) is 0 Å². The number of carbonyl (C=O) groups is 1. The van der Waals surface area contributed by atoms with Gasteiger partial charge in [-0.3, -0.25) is 4.99 Å². The summed E-state index contributed by atoms with van der Waals surface area (Å²) in [6.45, 7) is 7.51. The molecule has 3 heteroatoms. The first kappa shape index (κ1) is 23.0. The van der Waals surface area contributed by atoms with E-state index in [0.29, 0.717) is 0 Å². The molecule has 0 saturated heterocycles. The third-order valence-electron chi connectivity index (χ3n) is 4.70. The minimum absolute atomic E-state index is 0.340. The largest absolute Gasteiger partial charge is 0.458 e. The average molecular weight is 424 g/mol. The van der Waals surface area contributed by atoms with Gasteiger partial charge in [-0.15, -0.1) is 0 Å². The van der Waals surface area contributed by atoms with Gasteiger partial charge in [0.25, 0.3) is 0 Å². The Morgan fingerprint density at radius 3 is 1.75 bits per heavy atom. The number of hydrogen-bond donors (Lipinski definition) is 0. The predicted molar refractivity (Wildman–Crippen MR) is 131 cm³/mol. The zero-order valence-electron chi connectivity index (χ0n) is 19.1. The van der Waals surface area contributed by atoms with Crippen LogP contribution in [0.15, 0.2) is 96.0 Å². The van der Waals surface area contributed by atoms with Crippen LogP contribution in [0.25, 0.3) is 0 Å². The van der Waals surface area contributed by atoms with E-state index in [1.807, 2.05) is 119 Å². The molecule has 0 bridgehead atoms. The predicted octanol–water partition coefficient (Wildman–Crippen LogP) is 5.92. The molecule has 3 aromatic rings. The van der Waals surface area contributed by atoms with E-state index < -0.39 is 11.6 Å². The number of aliphatic imine (C=N–C) groups is 1. The topological polar surface area (TPSA) is 38.7 Å². The number of benzene rings is 3. The molecule has 0 fully saturated rings. The molecule has 3 nitrogen and oxygen atoms in total. The van der Waals surface area contributed by atoms with Gasteiger partial charge in [0.1, 0.15) is 5.60 Å². The third kappa shape index (κ3) is 6.68. The average Bonchev–Trinajstić information content (AvgIpc) is 2.79. The molecule has 3 rings (SSSR count). The Morgan fingerprint density at radius 2 is 1.28 bits per heavy atom. The molecular formula is C29H29NO2. The first-order valence-electron chi connectivity index (χ1n) is 10.8. The summed E-state index contributed by atoms with van der Waals surface area (Å²) < 4.78 is 5.73. The molecule has 2 atom stereocenters. The van der Waals surface area contributed by atoms with Gasteiger partial charge in [-0.05, 0) is 39.8 Å². The Morgan fingerprint density at radius 1 is 0.812 bits per heavy atom. The molecule has 3 aromatic carbocycles. The maximum atomic E-state index is 13.2. The van der Waals surface area contributed by atoms with Crippen LogP contribution in [0.2, 0.25) is 0 Å². The highest BCUT2D eigenvalue weighted by Gasteiger charge is 2.29. The van der Waals surface area contributed by atoms with Crippen LogP contribution in [0, 0.1) is 17.8 Å². The Bertz CT molecular complexity index is 1060. The highest BCUT2D eigenvalue weighted by Crippen LogP contribution is 2.19. The minimum Gasteiger partial charge on any atom is -0.458 e. The van der Waals surface area contributed by atoms with E-state index in [-0.39, 0.29) is 11.9 Å². The van der Waals surface area contributed by atoms with Crippen molar-refractivity contribution in [2.24, 2.45) is 10.9 Å². The molecule has 32 heavy (non-hydrogen) atoms. The van der Waals surface area contributed by atoms with Crippen LogP contribution in [0.1, 0.15) is 44.4 Å². The van der Waals surface area contributed by atoms with E-state index in [0.717, 1.165) is 22.4 Å². The fourth-order valence-electron chi connectivity index (χ4n) is 3.18. The summed E-state index contributed by atoms with van der Waals surface area (Å²) in [5, 5.41) is 0. The van der Waals surface area contributed by atoms with Crippen LogP contribution in [0.3, 0.4) is 0 Å². The summed E-state index contributed by atoms with van der Waals surface area (Å²) in [5.41, 5.74) is 2.91. The Hall–Kier alpha value is -3.64. The summed E-state index contributed by atoms with van der Waals surface area (Å²) in [4.78, 5) is 18.2. The van der Waals surface area contributed by atoms with Gasteiger partial charge >= 0.3 is 5.97 Å². The molecule has 0 heterocycles. The number of rotatable bonds is 5. The molecule has 0 unspecified atom stereocenters. The van der Waals surface area contributed by atoms with Crippen LogP contribution in [-0.2, 0) is 9.53 Å². The van der Waals surface area contributed by atoms with E-state index in [1.54, 1.807) is 0 Å². The quantitative estimate of drug-likeness (QED) is 0.290. The zero-order valence-corrected chi connectivity index (χ0v) is 19.1. The van der Waals surface area contributed by atoms with E-state index >= 15 is 0 Å². The molecule has 0 aromatic heterocycles. The lowest BCUT2D eigenvalue weighted by molar-refractivity contribution is -0.157. The standard InChI is InChI=1S/C29H29NO2/c1-22(20-21-23-14-8-5-9-15-23)26(28(31)32-29(2,3)4)30-27(24-16-10-6-11-17-24)25-18-12-7-13-19-25/h5-19,22,26H,1-4H3/t22-,26+/m0/s1. The van der Waals surface area contributed by atoms with Crippen molar-refractivity contribution >= 4 is 11.7 Å². The molecule has 0 aliphatic heterocycles. The monoisotopic (exact) mass is 423 g/mol. The van der Waals surface area contributed by atoms with Gasteiger partial charge < -0.3 is 4.74 Å². The maximum absolute atomic E-state index is 13.2. The lowest BCUT2D eigenvalue weighted by Gasteiger charge is -2.24. The lowest BCUT2D eigenvalue weighted by atomic mass is 9.98. The fourth-order valence-corrected chi connectivity index (χ4v) is 3.18. The molecular weight excluding hydrogens is 394 g/mol. The second-order valence-corrected chi connectivity index (χ2v) is 8.61. The zero-order chi connectivity index (χ0) is 23.0. The third-order valence-corrected chi connectivity index (χ3v) is 4.70. The van der Waals surface area contributed by atoms with Gasteiger partial charge in [-0.2, -0.15) is 0 Å². The van der Waals surface area contributed by atoms with Crippen LogP contribution in [0.4, 0.5) is 0 Å². The minimum atomic E-state index is -0.763. The molecule has 0 aliphatic carbocycles. The molecule has 0 N–H and O–H groups in total. The number of esters is 1. The van der Waals surface area contributed by atoms with Crippen molar-refractivity contribution in [1.29, 1.82) is 0 Å². The second kappa shape index (κ2) is 10.6. The van der Waals surface area contributed by atoms with Gasteiger partial charge in [0.05, 0.1) is 11.6 Å². The second-order valence-electron chi connectivity index (χ2n) is 8.61. The summed E-state index contributed by atoms with van der Waals surface area (Å²) >= 11 is 0. The van der Waals surface area contributed by atoms with Crippen molar-refractivity contribution < 1.29 is 9.53 Å². The first-order valence-corrected chi connectivity index (χ1v) is 10.8. The highest BCUT2D eigenvalue weighted by molar-refractivity contribution is 6.13. The van der Waals surface area contributed by atoms with Crippen molar-refractivity contribution in [3.63, 3.8) is 0 Å². The first-order chi connectivity index (χ1) is 15.3. The van der Waals surface area contributed by atoms with Gasteiger partial charge in [-0.25, -0.2) is 4.79 Å². The van der Waals surface area contributed by atoms with Crippen molar-refractivity contribution in [3.05, 3.63) is 108 Å². The Kier molecular flexibility index (Phi) is 7.63. The van der Waals surface area contributed by atoms with E-state index in [2.05, 4.69) is 11.8 Å². The highest BCUT2D eigenvalue weighted by atomic mass is 16.6. The van der Waals surface area contributed by atoms with Crippen molar-refractivity contribution in [1.82, 2.24) is 0 Å². The van der Waals surface area contributed by atoms with E-state index in [4.69, 9.17) is 9.73 Å². The van der Waals surface area contributed by atoms with E-state index in [1.165, 1.54) is 0 Å². The summed E-state index contributed by atoms with van der Waals surface area (Å²) in [5.74, 6) is 5.67. The Labute approximate surface area is 191 Å². The van der Waals surface area contributed by atoms with Crippen LogP contribution in [-0.4, -0.2) is 23.3 Å². The van der Waals surface area contributed by atoms with Crippen LogP contribution < -0.4 is 0 Å². The fraction of sp³-hybridized carbons (Fsp3) is 0.241. The summed E-state index contributed by atoms with van der Waals surface area (Å²) in [6, 6.07) is 28.8. The normalized spacial score (nSPS) is 12.6. The van der Waals surface area contributed by atoms with Crippen molar-refractivity contribution in [2.45, 2.75) is 39.3 Å². The number of carbonyl (C=O) groups excluding carboxylic acids is 1. The summed E-state index contributed by atoms with van der Waals surface area (Å²) in [7, 11) is 0. The summed E-state index contributed by atoms with van der Waals surface area (Å²) in [6.07, 6.45) is 0. The Balaban J connectivity index is 2.06. The van der Waals surface area contributed by atoms with Crippen molar-refractivity contribution in [3.8, 4) is 11.8 Å². The molecule has 0 radical (unpaired) electrons. The molecule has 0 saturated carbocycles. The molecule has 0 aliphatic rings. The molecule has 0 amide bonds. The van der Waals surface area contributed by atoms with Crippen molar-refractivity contribution in [2.75, 3.05) is 0 Å². The molecule has 162 valence electrons. The molecule has 0 spiro atoms. The van der Waals surface area contributed by atoms with Crippen LogP contribution >= 0.6 is 0 Å². The number of hydrogen-bond acceptors (Lipinski definition) is 3. The van der Waals surface area contributed by atoms with Gasteiger partial charge in [-0.1, -0.05) is 90.7 Å². The van der Waals surface area contributed by atoms with Crippen LogP contribution in [0.5, 0.6) is 0 Å². The smallest absolute Gasteiger partial charge is 0.332 e. The lowest BCUT2D eigenvalue weighted by Crippen LogP contribution is -2.35. The SMILES string of the molecule is C[C@@H](C#Cc1ccccc1)[C@@H](N=C(c1ccccc1)c1ccccc1)C(=O)OC(C)(C)C. The maximum Gasteiger partial charge on any atom is 0.332 e. The van der Waals surface area contributed by atoms with Gasteiger partial charge in [0, 0.05) is 16.7 Å². The van der Waals surface area contributed by atoms with E-state index in [9.17, 15) is 4.79 Å².